The van der Waals surface area contributed by atoms with Gasteiger partial charge in [0.25, 0.3) is 0 Å². The smallest absolute Gasteiger partial charge is 0.334 e. The summed E-state index contributed by atoms with van der Waals surface area (Å²) in [5.41, 5.74) is 0. The average Bonchev–Trinajstić information content (AvgIpc) is 2.26. The van der Waals surface area contributed by atoms with Crippen LogP contribution in [-0.2, 0) is 8.85 Å². The molecule has 15 heavy (non-hydrogen) atoms. The molecule has 0 rings (SSSR count). The van der Waals surface area contributed by atoms with Crippen molar-refractivity contribution >= 4 is 20.2 Å². The highest BCUT2D eigenvalue weighted by atomic mass is 35.5. The summed E-state index contributed by atoms with van der Waals surface area (Å²) in [6, 6.07) is 0.976. The molecule has 0 N–H and O–H groups in total. The van der Waals surface area contributed by atoms with Gasteiger partial charge in [-0.25, -0.2) is 0 Å². The van der Waals surface area contributed by atoms with E-state index in [2.05, 4.69) is 25.9 Å². The second-order valence-corrected chi connectivity index (χ2v) is 7.69. The summed E-state index contributed by atoms with van der Waals surface area (Å²) in [5, 5.41) is 0. The number of hydrogen-bond donors (Lipinski definition) is 0. The SMILES string of the molecule is CCN(C)C.CO[Si](C)(CCCCl)OC. The van der Waals surface area contributed by atoms with Gasteiger partial charge in [0.1, 0.15) is 0 Å². The molecule has 0 atom stereocenters. The van der Waals surface area contributed by atoms with Crippen molar-refractivity contribution in [1.29, 1.82) is 0 Å². The van der Waals surface area contributed by atoms with Crippen LogP contribution in [0.4, 0.5) is 0 Å². The molecule has 0 aromatic carbocycles. The summed E-state index contributed by atoms with van der Waals surface area (Å²) in [6.07, 6.45) is 0.978. The van der Waals surface area contributed by atoms with E-state index in [1.807, 2.05) is 6.55 Å². The van der Waals surface area contributed by atoms with Gasteiger partial charge in [0.15, 0.2) is 0 Å². The zero-order chi connectivity index (χ0) is 12.3. The largest absolute Gasteiger partial charge is 0.398 e. The van der Waals surface area contributed by atoms with Gasteiger partial charge in [-0.2, -0.15) is 0 Å². The lowest BCUT2D eigenvalue weighted by atomic mass is 10.6. The molecule has 0 saturated heterocycles. The molecule has 0 aliphatic rings. The van der Waals surface area contributed by atoms with Gasteiger partial charge in [-0.3, -0.25) is 0 Å². The topological polar surface area (TPSA) is 21.7 Å². The van der Waals surface area contributed by atoms with Crippen LogP contribution >= 0.6 is 11.6 Å². The fourth-order valence-electron chi connectivity index (χ4n) is 0.675. The molecule has 0 amide bonds. The summed E-state index contributed by atoms with van der Waals surface area (Å²) in [4.78, 5) is 2.12. The molecule has 0 unspecified atom stereocenters. The molecule has 0 spiro atoms. The van der Waals surface area contributed by atoms with Crippen LogP contribution in [0.1, 0.15) is 13.3 Å². The molecule has 0 aromatic heterocycles. The zero-order valence-electron chi connectivity index (χ0n) is 11.0. The van der Waals surface area contributed by atoms with Crippen molar-refractivity contribution in [2.75, 3.05) is 40.7 Å². The summed E-state index contributed by atoms with van der Waals surface area (Å²) in [6.45, 7) is 5.31. The Morgan fingerprint density at radius 2 is 1.60 bits per heavy atom. The van der Waals surface area contributed by atoms with Crippen molar-refractivity contribution in [3.63, 3.8) is 0 Å². The summed E-state index contributed by atoms with van der Waals surface area (Å²) >= 11 is 5.53. The molecule has 0 bridgehead atoms. The van der Waals surface area contributed by atoms with Crippen LogP contribution in [0.3, 0.4) is 0 Å². The molecule has 0 aliphatic carbocycles. The van der Waals surface area contributed by atoms with Crippen LogP contribution < -0.4 is 0 Å². The molecule has 0 saturated carbocycles. The van der Waals surface area contributed by atoms with Crippen LogP contribution in [0.15, 0.2) is 0 Å². The van der Waals surface area contributed by atoms with Crippen molar-refractivity contribution in [3.8, 4) is 0 Å². The van der Waals surface area contributed by atoms with Crippen molar-refractivity contribution in [3.05, 3.63) is 0 Å². The monoisotopic (exact) mass is 255 g/mol. The van der Waals surface area contributed by atoms with E-state index < -0.39 is 8.56 Å². The van der Waals surface area contributed by atoms with E-state index in [0.29, 0.717) is 5.88 Å². The van der Waals surface area contributed by atoms with Crippen LogP contribution in [0.25, 0.3) is 0 Å². The quantitative estimate of drug-likeness (QED) is 0.538. The fourth-order valence-corrected chi connectivity index (χ4v) is 2.43. The van der Waals surface area contributed by atoms with Crippen LogP contribution in [0.5, 0.6) is 0 Å². The number of nitrogens with zero attached hydrogens (tertiary/aromatic N) is 1. The Morgan fingerprint density at radius 3 is 1.80 bits per heavy atom. The third-order valence-corrected chi connectivity index (χ3v) is 5.52. The molecular formula is C10H26ClNO2Si. The molecule has 94 valence electrons. The molecule has 0 aliphatic heterocycles. The van der Waals surface area contributed by atoms with Crippen molar-refractivity contribution < 1.29 is 8.85 Å². The van der Waals surface area contributed by atoms with E-state index in [1.54, 1.807) is 14.2 Å². The second kappa shape index (κ2) is 10.9. The standard InChI is InChI=1S/C6H15ClO2Si.C4H11N/c1-8-10(3,9-2)6-4-5-7;1-4-5(2)3/h4-6H2,1-3H3;4H2,1-3H3. The van der Waals surface area contributed by atoms with Gasteiger partial charge < -0.3 is 13.8 Å². The molecule has 0 heterocycles. The number of halogens is 1. The lowest BCUT2D eigenvalue weighted by Gasteiger charge is -2.21. The lowest BCUT2D eigenvalue weighted by Crippen LogP contribution is -2.35. The van der Waals surface area contributed by atoms with Gasteiger partial charge in [0.05, 0.1) is 0 Å². The van der Waals surface area contributed by atoms with E-state index >= 15 is 0 Å². The second-order valence-electron chi connectivity index (χ2n) is 3.73. The molecule has 0 radical (unpaired) electrons. The van der Waals surface area contributed by atoms with Crippen molar-refractivity contribution in [2.45, 2.75) is 25.9 Å². The number of alkyl halides is 1. The van der Waals surface area contributed by atoms with E-state index in [-0.39, 0.29) is 0 Å². The number of rotatable bonds is 6. The molecule has 0 aromatic rings. The Kier molecular flexibility index (Phi) is 12.9. The maximum atomic E-state index is 5.53. The van der Waals surface area contributed by atoms with E-state index in [9.17, 15) is 0 Å². The van der Waals surface area contributed by atoms with Gasteiger partial charge in [-0.05, 0) is 39.7 Å². The van der Waals surface area contributed by atoms with E-state index in [4.69, 9.17) is 20.5 Å². The molecule has 0 fully saturated rings. The summed E-state index contributed by atoms with van der Waals surface area (Å²) in [7, 11) is 5.71. The summed E-state index contributed by atoms with van der Waals surface area (Å²) < 4.78 is 10.5. The van der Waals surface area contributed by atoms with E-state index in [0.717, 1.165) is 19.0 Å². The van der Waals surface area contributed by atoms with Gasteiger partial charge in [-0.15, -0.1) is 11.6 Å². The third kappa shape index (κ3) is 12.3. The Labute approximate surface area is 101 Å². The third-order valence-electron chi connectivity index (χ3n) is 2.26. The number of hydrogen-bond acceptors (Lipinski definition) is 3. The van der Waals surface area contributed by atoms with Crippen molar-refractivity contribution in [1.82, 2.24) is 4.90 Å². The van der Waals surface area contributed by atoms with Crippen molar-refractivity contribution in [2.24, 2.45) is 0 Å². The molecule has 5 heteroatoms. The Hall–Kier alpha value is 0.387. The lowest BCUT2D eigenvalue weighted by molar-refractivity contribution is 0.249. The predicted octanol–water partition coefficient (Wildman–Crippen LogP) is 2.55. The summed E-state index contributed by atoms with van der Waals surface area (Å²) in [5.74, 6) is 0.690. The minimum absolute atomic E-state index is 0.690. The first-order chi connectivity index (χ1) is 6.95. The highest BCUT2D eigenvalue weighted by Gasteiger charge is 2.27. The highest BCUT2D eigenvalue weighted by molar-refractivity contribution is 6.65. The first kappa shape index (κ1) is 17.8. The Balaban J connectivity index is 0. The average molecular weight is 256 g/mol. The normalized spacial score (nSPS) is 11.2. The van der Waals surface area contributed by atoms with Gasteiger partial charge in [-0.1, -0.05) is 6.92 Å². The van der Waals surface area contributed by atoms with Crippen LogP contribution in [0.2, 0.25) is 12.6 Å². The zero-order valence-corrected chi connectivity index (χ0v) is 12.7. The van der Waals surface area contributed by atoms with Crippen LogP contribution in [-0.4, -0.2) is 54.2 Å². The molecular weight excluding hydrogens is 230 g/mol. The van der Waals surface area contributed by atoms with Gasteiger partial charge in [0, 0.05) is 20.1 Å². The minimum atomic E-state index is -1.80. The van der Waals surface area contributed by atoms with Gasteiger partial charge >= 0.3 is 8.56 Å². The maximum absolute atomic E-state index is 5.53. The fraction of sp³-hybridized carbons (Fsp3) is 1.00. The Morgan fingerprint density at radius 1 is 1.20 bits per heavy atom. The predicted molar refractivity (Wildman–Crippen MR) is 70.0 cm³/mol. The van der Waals surface area contributed by atoms with Crippen LogP contribution in [0, 0.1) is 0 Å². The maximum Gasteiger partial charge on any atom is 0.334 e. The first-order valence-electron chi connectivity index (χ1n) is 5.26. The van der Waals surface area contributed by atoms with Gasteiger partial charge in [0.2, 0.25) is 0 Å². The molecule has 3 nitrogen and oxygen atoms in total. The Bertz CT molecular complexity index is 133. The van der Waals surface area contributed by atoms with E-state index in [1.165, 1.54) is 0 Å². The highest BCUT2D eigenvalue weighted by Crippen LogP contribution is 2.13. The first-order valence-corrected chi connectivity index (χ1v) is 8.32. The minimum Gasteiger partial charge on any atom is -0.398 e.